The Hall–Kier alpha value is -3.41. The second-order valence-electron chi connectivity index (χ2n) is 7.25. The third-order valence-corrected chi connectivity index (χ3v) is 5.42. The summed E-state index contributed by atoms with van der Waals surface area (Å²) in [5.74, 6) is 1.31. The smallest absolute Gasteiger partial charge is 0.253 e. The van der Waals surface area contributed by atoms with Crippen molar-refractivity contribution in [3.63, 3.8) is 0 Å². The van der Waals surface area contributed by atoms with Crippen molar-refractivity contribution in [2.24, 2.45) is 0 Å². The summed E-state index contributed by atoms with van der Waals surface area (Å²) in [7, 11) is 0. The standard InChI is InChI=1S/C22H21N5O/c28-22(16-7-9-18(10-8-16)27-13-11-23-15-27)26-12-3-4-17(14-26)21-24-19-5-1-2-6-20(19)25-21/h1-2,5-11,13,15,17H,3-4,12,14H2,(H,24,25)/t17-/m1/s1. The zero-order valence-corrected chi connectivity index (χ0v) is 15.5. The average molecular weight is 371 g/mol. The third kappa shape index (κ3) is 3.07. The maximum atomic E-state index is 13.0. The van der Waals surface area contributed by atoms with Gasteiger partial charge in [0, 0.05) is 42.7 Å². The summed E-state index contributed by atoms with van der Waals surface area (Å²) in [5.41, 5.74) is 3.74. The molecule has 28 heavy (non-hydrogen) atoms. The number of rotatable bonds is 3. The van der Waals surface area contributed by atoms with E-state index in [0.717, 1.165) is 41.9 Å². The van der Waals surface area contributed by atoms with Crippen LogP contribution in [0.4, 0.5) is 0 Å². The van der Waals surface area contributed by atoms with Gasteiger partial charge in [-0.2, -0.15) is 0 Å². The zero-order valence-electron chi connectivity index (χ0n) is 15.5. The highest BCUT2D eigenvalue weighted by Gasteiger charge is 2.27. The van der Waals surface area contributed by atoms with Crippen molar-refractivity contribution in [3.8, 4) is 5.69 Å². The van der Waals surface area contributed by atoms with E-state index < -0.39 is 0 Å². The van der Waals surface area contributed by atoms with Gasteiger partial charge in [-0.05, 0) is 49.2 Å². The van der Waals surface area contributed by atoms with E-state index in [1.54, 1.807) is 12.5 Å². The lowest BCUT2D eigenvalue weighted by Crippen LogP contribution is -2.39. The molecule has 6 heteroatoms. The molecule has 0 saturated carbocycles. The first-order valence-electron chi connectivity index (χ1n) is 9.60. The highest BCUT2D eigenvalue weighted by molar-refractivity contribution is 5.94. The lowest BCUT2D eigenvalue weighted by atomic mass is 9.96. The Bertz CT molecular complexity index is 1060. The van der Waals surface area contributed by atoms with Crippen molar-refractivity contribution in [1.82, 2.24) is 24.4 Å². The summed E-state index contributed by atoms with van der Waals surface area (Å²) in [4.78, 5) is 27.2. The first-order chi connectivity index (χ1) is 13.8. The zero-order chi connectivity index (χ0) is 18.9. The van der Waals surface area contributed by atoms with Gasteiger partial charge in [0.15, 0.2) is 0 Å². The molecule has 0 radical (unpaired) electrons. The predicted molar refractivity (Wildman–Crippen MR) is 108 cm³/mol. The molecular formula is C22H21N5O. The maximum absolute atomic E-state index is 13.0. The van der Waals surface area contributed by atoms with E-state index in [9.17, 15) is 4.79 Å². The minimum absolute atomic E-state index is 0.0815. The number of fused-ring (bicyclic) bond motifs is 1. The number of benzene rings is 2. The number of piperidine rings is 1. The number of hydrogen-bond donors (Lipinski definition) is 1. The van der Waals surface area contributed by atoms with Crippen LogP contribution >= 0.6 is 0 Å². The van der Waals surface area contributed by atoms with Crippen LogP contribution in [0.25, 0.3) is 16.7 Å². The SMILES string of the molecule is O=C(c1ccc(-n2ccnc2)cc1)N1CCC[C@@H](c2nc3ccccc3[nH]2)C1. The molecule has 5 rings (SSSR count). The van der Waals surface area contributed by atoms with Crippen molar-refractivity contribution in [2.45, 2.75) is 18.8 Å². The van der Waals surface area contributed by atoms with Crippen LogP contribution in [0.3, 0.4) is 0 Å². The van der Waals surface area contributed by atoms with Crippen molar-refractivity contribution in [1.29, 1.82) is 0 Å². The van der Waals surface area contributed by atoms with Gasteiger partial charge in [0.05, 0.1) is 17.4 Å². The first kappa shape index (κ1) is 16.7. The molecule has 2 aromatic carbocycles. The molecule has 140 valence electrons. The monoisotopic (exact) mass is 371 g/mol. The average Bonchev–Trinajstić information content (AvgIpc) is 3.43. The van der Waals surface area contributed by atoms with E-state index in [1.807, 2.05) is 64.2 Å². The van der Waals surface area contributed by atoms with Gasteiger partial charge in [-0.1, -0.05) is 12.1 Å². The van der Waals surface area contributed by atoms with E-state index in [4.69, 9.17) is 4.98 Å². The molecular weight excluding hydrogens is 350 g/mol. The summed E-state index contributed by atoms with van der Waals surface area (Å²) in [6.45, 7) is 1.49. The van der Waals surface area contributed by atoms with Gasteiger partial charge in [-0.25, -0.2) is 9.97 Å². The second-order valence-corrected chi connectivity index (χ2v) is 7.25. The Labute approximate surface area is 162 Å². The fourth-order valence-electron chi connectivity index (χ4n) is 3.92. The Balaban J connectivity index is 1.33. The normalized spacial score (nSPS) is 17.1. The lowest BCUT2D eigenvalue weighted by molar-refractivity contribution is 0.0705. The molecule has 3 heterocycles. The molecule has 1 aliphatic heterocycles. The molecule has 1 amide bonds. The van der Waals surface area contributed by atoms with E-state index in [1.165, 1.54) is 0 Å². The molecule has 2 aromatic heterocycles. The largest absolute Gasteiger partial charge is 0.342 e. The Morgan fingerprint density at radius 2 is 1.96 bits per heavy atom. The number of likely N-dealkylation sites (tertiary alicyclic amines) is 1. The molecule has 1 fully saturated rings. The Kier molecular flexibility index (Phi) is 4.16. The predicted octanol–water partition coefficient (Wildman–Crippen LogP) is 3.77. The summed E-state index contributed by atoms with van der Waals surface area (Å²) >= 11 is 0. The maximum Gasteiger partial charge on any atom is 0.253 e. The molecule has 4 aromatic rings. The van der Waals surface area contributed by atoms with E-state index in [0.29, 0.717) is 12.1 Å². The summed E-state index contributed by atoms with van der Waals surface area (Å²) < 4.78 is 1.92. The highest BCUT2D eigenvalue weighted by atomic mass is 16.2. The summed E-state index contributed by atoms with van der Waals surface area (Å²) in [5, 5.41) is 0. The van der Waals surface area contributed by atoms with Crippen molar-refractivity contribution in [3.05, 3.63) is 78.6 Å². The number of aromatic amines is 1. The number of nitrogens with zero attached hydrogens (tertiary/aromatic N) is 4. The summed E-state index contributed by atoms with van der Waals surface area (Å²) in [6, 6.07) is 15.8. The molecule has 0 aliphatic carbocycles. The fraction of sp³-hybridized carbons (Fsp3) is 0.227. The number of aromatic nitrogens is 4. The van der Waals surface area contributed by atoms with Gasteiger partial charge < -0.3 is 14.5 Å². The van der Waals surface area contributed by atoms with Gasteiger partial charge in [0.25, 0.3) is 5.91 Å². The number of carbonyl (C=O) groups excluding carboxylic acids is 1. The van der Waals surface area contributed by atoms with E-state index in [-0.39, 0.29) is 11.8 Å². The molecule has 0 unspecified atom stereocenters. The minimum atomic E-state index is 0.0815. The minimum Gasteiger partial charge on any atom is -0.342 e. The third-order valence-electron chi connectivity index (χ3n) is 5.42. The van der Waals surface area contributed by atoms with Gasteiger partial charge in [0.2, 0.25) is 0 Å². The van der Waals surface area contributed by atoms with Crippen LogP contribution in [0.15, 0.2) is 67.3 Å². The highest BCUT2D eigenvalue weighted by Crippen LogP contribution is 2.27. The van der Waals surface area contributed by atoms with E-state index in [2.05, 4.69) is 9.97 Å². The van der Waals surface area contributed by atoms with Crippen LogP contribution in [-0.2, 0) is 0 Å². The van der Waals surface area contributed by atoms with Crippen LogP contribution in [0.5, 0.6) is 0 Å². The molecule has 1 N–H and O–H groups in total. The van der Waals surface area contributed by atoms with Crippen LogP contribution in [0, 0.1) is 0 Å². The second kappa shape index (κ2) is 6.96. The quantitative estimate of drug-likeness (QED) is 0.596. The molecule has 6 nitrogen and oxygen atoms in total. The van der Waals surface area contributed by atoms with Crippen LogP contribution in [-0.4, -0.2) is 43.4 Å². The number of hydrogen-bond acceptors (Lipinski definition) is 3. The number of carbonyl (C=O) groups is 1. The van der Waals surface area contributed by atoms with Crippen molar-refractivity contribution >= 4 is 16.9 Å². The number of nitrogens with one attached hydrogen (secondary N) is 1. The van der Waals surface area contributed by atoms with Crippen LogP contribution in [0.1, 0.15) is 34.9 Å². The molecule has 1 aliphatic rings. The lowest BCUT2D eigenvalue weighted by Gasteiger charge is -2.32. The fourth-order valence-corrected chi connectivity index (χ4v) is 3.92. The number of para-hydroxylation sites is 2. The van der Waals surface area contributed by atoms with Gasteiger partial charge in [-0.15, -0.1) is 0 Å². The topological polar surface area (TPSA) is 66.8 Å². The number of H-pyrrole nitrogens is 1. The van der Waals surface area contributed by atoms with Gasteiger partial charge in [0.1, 0.15) is 5.82 Å². The Morgan fingerprint density at radius 1 is 1.11 bits per heavy atom. The number of amides is 1. The van der Waals surface area contributed by atoms with Crippen LogP contribution in [0.2, 0.25) is 0 Å². The Morgan fingerprint density at radius 3 is 2.75 bits per heavy atom. The van der Waals surface area contributed by atoms with Crippen molar-refractivity contribution in [2.75, 3.05) is 13.1 Å². The summed E-state index contributed by atoms with van der Waals surface area (Å²) in [6.07, 6.45) is 7.41. The molecule has 1 saturated heterocycles. The van der Waals surface area contributed by atoms with E-state index >= 15 is 0 Å². The van der Waals surface area contributed by atoms with Crippen molar-refractivity contribution < 1.29 is 4.79 Å². The molecule has 1 atom stereocenters. The number of imidazole rings is 2. The molecule has 0 bridgehead atoms. The van der Waals surface area contributed by atoms with Gasteiger partial charge >= 0.3 is 0 Å². The van der Waals surface area contributed by atoms with Gasteiger partial charge in [-0.3, -0.25) is 4.79 Å². The van der Waals surface area contributed by atoms with Crippen LogP contribution < -0.4 is 0 Å². The first-order valence-corrected chi connectivity index (χ1v) is 9.60. The molecule has 0 spiro atoms.